The van der Waals surface area contributed by atoms with Gasteiger partial charge in [0.25, 0.3) is 0 Å². The van der Waals surface area contributed by atoms with Crippen LogP contribution < -0.4 is 5.32 Å². The Kier molecular flexibility index (Phi) is 6.16. The molecule has 1 aromatic heterocycles. The molecule has 0 aliphatic heterocycles. The van der Waals surface area contributed by atoms with Gasteiger partial charge in [0.1, 0.15) is 18.1 Å². The number of ether oxygens (including phenoxy) is 1. The number of aryl methyl sites for hydroxylation is 1. The van der Waals surface area contributed by atoms with Crippen molar-refractivity contribution in [2.75, 3.05) is 6.61 Å². The summed E-state index contributed by atoms with van der Waals surface area (Å²) in [6.45, 7) is 14.2. The highest BCUT2D eigenvalue weighted by atomic mass is 16.5. The van der Waals surface area contributed by atoms with Crippen LogP contribution in [0.15, 0.2) is 22.6 Å². The maximum absolute atomic E-state index is 5.67. The normalized spacial score (nSPS) is 11.2. The van der Waals surface area contributed by atoms with E-state index in [1.807, 2.05) is 13.8 Å². The second-order valence-electron chi connectivity index (χ2n) is 5.09. The van der Waals surface area contributed by atoms with Gasteiger partial charge in [0.15, 0.2) is 0 Å². The molecule has 102 valence electrons. The van der Waals surface area contributed by atoms with E-state index in [4.69, 9.17) is 9.15 Å². The molecule has 0 amide bonds. The van der Waals surface area contributed by atoms with Crippen molar-refractivity contribution in [1.82, 2.24) is 5.32 Å². The van der Waals surface area contributed by atoms with E-state index in [-0.39, 0.29) is 0 Å². The molecule has 3 heteroatoms. The van der Waals surface area contributed by atoms with Gasteiger partial charge in [-0.25, -0.2) is 0 Å². The standard InChI is InChI=1S/C15H25NO2/c1-11(2)6-7-17-10-15-8-14(13(5)18-15)9-16-12(3)4/h8,12,16H,1,6-7,9-10H2,2-5H3. The minimum atomic E-state index is 0.481. The van der Waals surface area contributed by atoms with Crippen LogP contribution in [0.25, 0.3) is 0 Å². The first-order valence-electron chi connectivity index (χ1n) is 6.52. The molecule has 0 saturated heterocycles. The van der Waals surface area contributed by atoms with Gasteiger partial charge in [-0.2, -0.15) is 0 Å². The summed E-state index contributed by atoms with van der Waals surface area (Å²) in [5, 5.41) is 3.39. The quantitative estimate of drug-likeness (QED) is 0.566. The molecule has 0 spiro atoms. The largest absolute Gasteiger partial charge is 0.464 e. The van der Waals surface area contributed by atoms with Crippen LogP contribution in [0.4, 0.5) is 0 Å². The molecule has 0 saturated carbocycles. The van der Waals surface area contributed by atoms with Crippen LogP contribution in [-0.4, -0.2) is 12.6 Å². The predicted octanol–water partition coefficient (Wildman–Crippen LogP) is 3.57. The number of furan rings is 1. The van der Waals surface area contributed by atoms with Gasteiger partial charge in [0.2, 0.25) is 0 Å². The van der Waals surface area contributed by atoms with E-state index in [1.165, 1.54) is 5.56 Å². The average Bonchev–Trinajstić information content (AvgIpc) is 2.62. The minimum absolute atomic E-state index is 0.481. The van der Waals surface area contributed by atoms with E-state index < -0.39 is 0 Å². The van der Waals surface area contributed by atoms with Crippen LogP contribution in [0.1, 0.15) is 44.3 Å². The van der Waals surface area contributed by atoms with E-state index in [0.29, 0.717) is 19.3 Å². The van der Waals surface area contributed by atoms with Gasteiger partial charge < -0.3 is 14.5 Å². The van der Waals surface area contributed by atoms with Crippen molar-refractivity contribution in [3.8, 4) is 0 Å². The lowest BCUT2D eigenvalue weighted by Gasteiger charge is -2.06. The van der Waals surface area contributed by atoms with Crippen molar-refractivity contribution in [3.05, 3.63) is 35.3 Å². The molecule has 0 atom stereocenters. The molecule has 1 rings (SSSR count). The molecule has 0 bridgehead atoms. The van der Waals surface area contributed by atoms with Crippen molar-refractivity contribution < 1.29 is 9.15 Å². The van der Waals surface area contributed by atoms with E-state index in [2.05, 4.69) is 31.8 Å². The van der Waals surface area contributed by atoms with E-state index >= 15 is 0 Å². The zero-order chi connectivity index (χ0) is 13.5. The molecule has 3 nitrogen and oxygen atoms in total. The van der Waals surface area contributed by atoms with Gasteiger partial charge >= 0.3 is 0 Å². The lowest BCUT2D eigenvalue weighted by molar-refractivity contribution is 0.108. The second kappa shape index (κ2) is 7.39. The summed E-state index contributed by atoms with van der Waals surface area (Å²) in [7, 11) is 0. The summed E-state index contributed by atoms with van der Waals surface area (Å²) in [6.07, 6.45) is 0.904. The first-order chi connectivity index (χ1) is 8.49. The van der Waals surface area contributed by atoms with Gasteiger partial charge in [0, 0.05) is 18.2 Å². The van der Waals surface area contributed by atoms with Crippen LogP contribution >= 0.6 is 0 Å². The summed E-state index contributed by atoms with van der Waals surface area (Å²) < 4.78 is 11.2. The zero-order valence-electron chi connectivity index (χ0n) is 12.0. The Labute approximate surface area is 110 Å². The molecular weight excluding hydrogens is 226 g/mol. The zero-order valence-corrected chi connectivity index (χ0v) is 12.0. The molecule has 0 unspecified atom stereocenters. The summed E-state index contributed by atoms with van der Waals surface area (Å²) in [5.41, 5.74) is 2.36. The summed E-state index contributed by atoms with van der Waals surface area (Å²) in [6, 6.07) is 2.56. The maximum Gasteiger partial charge on any atom is 0.130 e. The predicted molar refractivity (Wildman–Crippen MR) is 74.5 cm³/mol. The Hall–Kier alpha value is -1.06. The third-order valence-electron chi connectivity index (χ3n) is 2.69. The minimum Gasteiger partial charge on any atom is -0.464 e. The first-order valence-corrected chi connectivity index (χ1v) is 6.52. The van der Waals surface area contributed by atoms with Gasteiger partial charge in [-0.05, 0) is 26.3 Å². The Morgan fingerprint density at radius 3 is 2.83 bits per heavy atom. The van der Waals surface area contributed by atoms with Crippen LogP contribution in [0.2, 0.25) is 0 Å². The molecule has 18 heavy (non-hydrogen) atoms. The monoisotopic (exact) mass is 251 g/mol. The average molecular weight is 251 g/mol. The van der Waals surface area contributed by atoms with Crippen LogP contribution in [0.5, 0.6) is 0 Å². The summed E-state index contributed by atoms with van der Waals surface area (Å²) >= 11 is 0. The molecule has 1 heterocycles. The van der Waals surface area contributed by atoms with E-state index in [9.17, 15) is 0 Å². The van der Waals surface area contributed by atoms with E-state index in [1.54, 1.807) is 0 Å². The summed E-state index contributed by atoms with van der Waals surface area (Å²) in [4.78, 5) is 0. The molecule has 1 N–H and O–H groups in total. The highest BCUT2D eigenvalue weighted by Gasteiger charge is 2.07. The van der Waals surface area contributed by atoms with Crippen molar-refractivity contribution in [2.45, 2.75) is 53.3 Å². The van der Waals surface area contributed by atoms with Crippen molar-refractivity contribution in [1.29, 1.82) is 0 Å². The molecule has 0 radical (unpaired) electrons. The Bertz CT molecular complexity index is 380. The molecule has 0 fully saturated rings. The van der Waals surface area contributed by atoms with Crippen LogP contribution in [-0.2, 0) is 17.9 Å². The fraction of sp³-hybridized carbons (Fsp3) is 0.600. The highest BCUT2D eigenvalue weighted by Crippen LogP contribution is 2.15. The molecule has 0 aliphatic rings. The van der Waals surface area contributed by atoms with Gasteiger partial charge in [-0.3, -0.25) is 0 Å². The number of nitrogens with one attached hydrogen (secondary N) is 1. The Morgan fingerprint density at radius 1 is 1.50 bits per heavy atom. The molecular formula is C15H25NO2. The summed E-state index contributed by atoms with van der Waals surface area (Å²) in [5.74, 6) is 1.87. The van der Waals surface area contributed by atoms with Crippen LogP contribution in [0.3, 0.4) is 0 Å². The Balaban J connectivity index is 2.38. The SMILES string of the molecule is C=C(C)CCOCc1cc(CNC(C)C)c(C)o1. The Morgan fingerprint density at radius 2 is 2.22 bits per heavy atom. The number of rotatable bonds is 8. The lowest BCUT2D eigenvalue weighted by atomic mass is 10.2. The fourth-order valence-corrected chi connectivity index (χ4v) is 1.57. The van der Waals surface area contributed by atoms with Crippen molar-refractivity contribution in [2.24, 2.45) is 0 Å². The number of hydrogen-bond donors (Lipinski definition) is 1. The van der Waals surface area contributed by atoms with Gasteiger partial charge in [-0.1, -0.05) is 19.4 Å². The second-order valence-corrected chi connectivity index (χ2v) is 5.09. The molecule has 0 aromatic carbocycles. The smallest absolute Gasteiger partial charge is 0.130 e. The fourth-order valence-electron chi connectivity index (χ4n) is 1.57. The van der Waals surface area contributed by atoms with E-state index in [0.717, 1.165) is 30.1 Å². The van der Waals surface area contributed by atoms with Crippen molar-refractivity contribution in [3.63, 3.8) is 0 Å². The van der Waals surface area contributed by atoms with Gasteiger partial charge in [0.05, 0.1) is 6.61 Å². The lowest BCUT2D eigenvalue weighted by Crippen LogP contribution is -2.21. The first kappa shape index (κ1) is 15.0. The topological polar surface area (TPSA) is 34.4 Å². The highest BCUT2D eigenvalue weighted by molar-refractivity contribution is 5.20. The van der Waals surface area contributed by atoms with Crippen LogP contribution in [0, 0.1) is 6.92 Å². The third kappa shape index (κ3) is 5.52. The number of hydrogen-bond acceptors (Lipinski definition) is 3. The maximum atomic E-state index is 5.67. The third-order valence-corrected chi connectivity index (χ3v) is 2.69. The molecule has 1 aromatic rings. The van der Waals surface area contributed by atoms with Gasteiger partial charge in [-0.15, -0.1) is 6.58 Å². The van der Waals surface area contributed by atoms with Crippen molar-refractivity contribution >= 4 is 0 Å². The molecule has 0 aliphatic carbocycles.